The minimum absolute atomic E-state index is 0.00811. The smallest absolute Gasteiger partial charge is 0.416 e. The van der Waals surface area contributed by atoms with E-state index in [1.54, 1.807) is 36.4 Å². The van der Waals surface area contributed by atoms with Crippen molar-refractivity contribution in [2.45, 2.75) is 19.1 Å². The number of alkyl halides is 3. The molecular weight excluding hydrogens is 477 g/mol. The summed E-state index contributed by atoms with van der Waals surface area (Å²) < 4.78 is 44.8. The van der Waals surface area contributed by atoms with Crippen molar-refractivity contribution in [3.8, 4) is 0 Å². The number of nitrogens with zero attached hydrogens (tertiary/aromatic N) is 1. The quantitative estimate of drug-likeness (QED) is 0.486. The van der Waals surface area contributed by atoms with Crippen LogP contribution in [-0.2, 0) is 28.7 Å². The molecule has 5 nitrogen and oxygen atoms in total. The molecule has 0 aliphatic heterocycles. The summed E-state index contributed by atoms with van der Waals surface area (Å²) in [4.78, 5) is 26.7. The van der Waals surface area contributed by atoms with Crippen molar-refractivity contribution in [1.29, 1.82) is 0 Å². The van der Waals surface area contributed by atoms with Gasteiger partial charge in [0.15, 0.2) is 0 Å². The maximum Gasteiger partial charge on any atom is 0.416 e. The van der Waals surface area contributed by atoms with Crippen molar-refractivity contribution in [1.82, 2.24) is 4.90 Å². The normalized spacial score (nSPS) is 11.2. The molecule has 2 amide bonds. The first-order valence-corrected chi connectivity index (χ1v) is 10.0. The zero-order valence-electron chi connectivity index (χ0n) is 16.2. The fourth-order valence-corrected chi connectivity index (χ4v) is 3.28. The first kappa shape index (κ1) is 22.6. The lowest BCUT2D eigenvalue weighted by molar-refractivity contribution is -0.138. The van der Waals surface area contributed by atoms with Crippen LogP contribution in [0.15, 0.2) is 75.8 Å². The average molecular weight is 495 g/mol. The Bertz CT molecular complexity index is 1050. The van der Waals surface area contributed by atoms with Gasteiger partial charge in [-0.3, -0.25) is 9.59 Å². The molecule has 0 fully saturated rings. The highest BCUT2D eigenvalue weighted by atomic mass is 79.9. The van der Waals surface area contributed by atoms with Crippen LogP contribution < -0.4 is 5.32 Å². The predicted molar refractivity (Wildman–Crippen MR) is 112 cm³/mol. The van der Waals surface area contributed by atoms with Crippen LogP contribution in [0.3, 0.4) is 0 Å². The largest absolute Gasteiger partial charge is 0.467 e. The molecule has 0 atom stereocenters. The fourth-order valence-electron chi connectivity index (χ4n) is 2.89. The summed E-state index contributed by atoms with van der Waals surface area (Å²) in [6.07, 6.45) is -3.35. The van der Waals surface area contributed by atoms with E-state index in [2.05, 4.69) is 21.2 Å². The molecule has 1 aromatic heterocycles. The minimum Gasteiger partial charge on any atom is -0.467 e. The number of halogens is 4. The summed E-state index contributed by atoms with van der Waals surface area (Å²) in [6, 6.07) is 14.9. The van der Waals surface area contributed by atoms with Gasteiger partial charge in [0.05, 0.1) is 30.5 Å². The van der Waals surface area contributed by atoms with Crippen LogP contribution in [0.5, 0.6) is 0 Å². The highest BCUT2D eigenvalue weighted by Gasteiger charge is 2.30. The number of carbonyl (C=O) groups excluding carboxylic acids is 2. The summed E-state index contributed by atoms with van der Waals surface area (Å²) in [6.45, 7) is -0.284. The Labute approximate surface area is 185 Å². The summed E-state index contributed by atoms with van der Waals surface area (Å²) in [7, 11) is 0. The van der Waals surface area contributed by atoms with E-state index in [-0.39, 0.29) is 25.1 Å². The van der Waals surface area contributed by atoms with Gasteiger partial charge in [-0.1, -0.05) is 30.3 Å². The van der Waals surface area contributed by atoms with Crippen molar-refractivity contribution >= 4 is 33.4 Å². The lowest BCUT2D eigenvalue weighted by atomic mass is 10.1. The second-order valence-electron chi connectivity index (χ2n) is 6.73. The van der Waals surface area contributed by atoms with E-state index in [1.807, 2.05) is 0 Å². The maximum absolute atomic E-state index is 13.0. The highest BCUT2D eigenvalue weighted by Crippen LogP contribution is 2.29. The van der Waals surface area contributed by atoms with Crippen LogP contribution in [-0.4, -0.2) is 23.3 Å². The zero-order chi connectivity index (χ0) is 22.4. The fraction of sp³-hybridized carbons (Fsp3) is 0.182. The predicted octanol–water partition coefficient (Wildman–Crippen LogP) is 5.27. The number of benzene rings is 2. The van der Waals surface area contributed by atoms with Gasteiger partial charge in [0.25, 0.3) is 0 Å². The number of hydrogen-bond acceptors (Lipinski definition) is 3. The number of anilines is 1. The Morgan fingerprint density at radius 3 is 2.48 bits per heavy atom. The van der Waals surface area contributed by atoms with Gasteiger partial charge >= 0.3 is 6.18 Å². The highest BCUT2D eigenvalue weighted by molar-refractivity contribution is 9.10. The molecule has 0 bridgehead atoms. The first-order valence-electron chi connectivity index (χ1n) is 9.23. The summed E-state index contributed by atoms with van der Waals surface area (Å²) in [5.41, 5.74) is -0.0895. The Hall–Kier alpha value is -3.07. The topological polar surface area (TPSA) is 62.6 Å². The van der Waals surface area contributed by atoms with E-state index in [1.165, 1.54) is 23.3 Å². The SMILES string of the molecule is O=C(CN(Cc1ccco1)C(=O)Cc1cccc(C(F)(F)F)c1)Nc1ccccc1Br. The second-order valence-corrected chi connectivity index (χ2v) is 7.59. The molecule has 2 aromatic carbocycles. The van der Waals surface area contributed by atoms with Crippen LogP contribution in [0.25, 0.3) is 0 Å². The molecule has 0 aliphatic rings. The van der Waals surface area contributed by atoms with E-state index in [0.29, 0.717) is 15.9 Å². The lowest BCUT2D eigenvalue weighted by Gasteiger charge is -2.22. The molecule has 0 unspecified atom stereocenters. The van der Waals surface area contributed by atoms with Crippen molar-refractivity contribution in [3.63, 3.8) is 0 Å². The van der Waals surface area contributed by atoms with Crippen LogP contribution in [0.1, 0.15) is 16.9 Å². The van der Waals surface area contributed by atoms with E-state index in [9.17, 15) is 22.8 Å². The van der Waals surface area contributed by atoms with Gasteiger partial charge in [-0.25, -0.2) is 0 Å². The molecule has 31 heavy (non-hydrogen) atoms. The standard InChI is InChI=1S/C22H18BrF3N2O3/c23-18-8-1-2-9-19(18)27-20(29)14-28(13-17-7-4-10-31-17)21(30)12-15-5-3-6-16(11-15)22(24,25)26/h1-11H,12-14H2,(H,27,29). The minimum atomic E-state index is -4.50. The van der Waals surface area contributed by atoms with Gasteiger partial charge in [-0.2, -0.15) is 13.2 Å². The zero-order valence-corrected chi connectivity index (χ0v) is 17.7. The van der Waals surface area contributed by atoms with Crippen LogP contribution in [0.2, 0.25) is 0 Å². The van der Waals surface area contributed by atoms with Crippen molar-refractivity contribution in [3.05, 3.63) is 88.3 Å². The number of amides is 2. The maximum atomic E-state index is 13.0. The van der Waals surface area contributed by atoms with Crippen molar-refractivity contribution in [2.24, 2.45) is 0 Å². The van der Waals surface area contributed by atoms with Crippen LogP contribution in [0, 0.1) is 0 Å². The number of carbonyl (C=O) groups is 2. The molecule has 0 aliphatic carbocycles. The van der Waals surface area contributed by atoms with Crippen molar-refractivity contribution < 1.29 is 27.2 Å². The lowest BCUT2D eigenvalue weighted by Crippen LogP contribution is -2.38. The number of hydrogen-bond donors (Lipinski definition) is 1. The first-order chi connectivity index (χ1) is 14.7. The summed E-state index contributed by atoms with van der Waals surface area (Å²) in [5, 5.41) is 2.71. The third kappa shape index (κ3) is 6.45. The van der Waals surface area contributed by atoms with E-state index < -0.39 is 23.6 Å². The molecule has 3 aromatic rings. The average Bonchev–Trinajstić information content (AvgIpc) is 3.22. The molecule has 3 rings (SSSR count). The molecule has 9 heteroatoms. The van der Waals surface area contributed by atoms with Gasteiger partial charge < -0.3 is 14.6 Å². The molecule has 0 spiro atoms. The second kappa shape index (κ2) is 9.82. The third-order valence-corrected chi connectivity index (χ3v) is 5.06. The third-order valence-electron chi connectivity index (χ3n) is 4.37. The van der Waals surface area contributed by atoms with E-state index in [0.717, 1.165) is 12.1 Å². The molecule has 0 saturated carbocycles. The molecule has 1 heterocycles. The molecule has 0 radical (unpaired) electrons. The molecule has 1 N–H and O–H groups in total. The number of nitrogens with one attached hydrogen (secondary N) is 1. The number of rotatable bonds is 7. The molecule has 0 saturated heterocycles. The summed E-state index contributed by atoms with van der Waals surface area (Å²) in [5.74, 6) is -0.500. The monoisotopic (exact) mass is 494 g/mol. The van der Waals surface area contributed by atoms with E-state index in [4.69, 9.17) is 4.42 Å². The van der Waals surface area contributed by atoms with Crippen LogP contribution >= 0.6 is 15.9 Å². The van der Waals surface area contributed by atoms with Crippen LogP contribution in [0.4, 0.5) is 18.9 Å². The Balaban J connectivity index is 1.74. The summed E-state index contributed by atoms with van der Waals surface area (Å²) >= 11 is 3.33. The van der Waals surface area contributed by atoms with E-state index >= 15 is 0 Å². The molecule has 162 valence electrons. The number of furan rings is 1. The van der Waals surface area contributed by atoms with Gasteiger partial charge in [0, 0.05) is 4.47 Å². The number of para-hydroxylation sites is 1. The molecular formula is C22H18BrF3N2O3. The Morgan fingerprint density at radius 2 is 1.81 bits per heavy atom. The van der Waals surface area contributed by atoms with Gasteiger partial charge in [0.1, 0.15) is 12.3 Å². The van der Waals surface area contributed by atoms with Crippen molar-refractivity contribution in [2.75, 3.05) is 11.9 Å². The van der Waals surface area contributed by atoms with Gasteiger partial charge in [0.2, 0.25) is 11.8 Å². The Morgan fingerprint density at radius 1 is 1.03 bits per heavy atom. The van der Waals surface area contributed by atoms with Gasteiger partial charge in [-0.05, 0) is 51.8 Å². The van der Waals surface area contributed by atoms with Gasteiger partial charge in [-0.15, -0.1) is 0 Å². The Kier molecular flexibility index (Phi) is 7.17.